The van der Waals surface area contributed by atoms with Crippen molar-refractivity contribution in [3.63, 3.8) is 0 Å². The van der Waals surface area contributed by atoms with Crippen molar-refractivity contribution < 1.29 is 9.13 Å². The topological polar surface area (TPSA) is 9.23 Å². The maximum absolute atomic E-state index is 13.3. The number of unbranched alkanes of at least 4 members (excludes halogenated alkanes) is 6. The van der Waals surface area contributed by atoms with Crippen LogP contribution in [0.4, 0.5) is 4.39 Å². The van der Waals surface area contributed by atoms with Crippen LogP contribution in [0.1, 0.15) is 71.1 Å². The van der Waals surface area contributed by atoms with E-state index in [9.17, 15) is 4.39 Å². The average molecular weight is 232 g/mol. The minimum absolute atomic E-state index is 0.606. The van der Waals surface area contributed by atoms with Crippen LogP contribution in [0.25, 0.3) is 0 Å². The van der Waals surface area contributed by atoms with Crippen LogP contribution in [0.15, 0.2) is 0 Å². The molecule has 0 radical (unpaired) electrons. The van der Waals surface area contributed by atoms with Crippen LogP contribution < -0.4 is 0 Å². The summed E-state index contributed by atoms with van der Waals surface area (Å²) >= 11 is 0. The van der Waals surface area contributed by atoms with Crippen LogP contribution in [0, 0.1) is 0 Å². The molecule has 0 N–H and O–H groups in total. The van der Waals surface area contributed by atoms with Gasteiger partial charge in [0.25, 0.3) is 0 Å². The summed E-state index contributed by atoms with van der Waals surface area (Å²) < 4.78 is 18.2. The van der Waals surface area contributed by atoms with Crippen molar-refractivity contribution in [3.05, 3.63) is 0 Å². The third-order valence-corrected chi connectivity index (χ3v) is 2.99. The standard InChI is InChI=1S/C14H29FO/c1-3-4-5-6-7-8-9-11-14(15)12-10-13-16-2/h14H,3-13H2,1-2H3. The maximum Gasteiger partial charge on any atom is 0.100 e. The highest BCUT2D eigenvalue weighted by Crippen LogP contribution is 2.14. The first-order valence-electron chi connectivity index (χ1n) is 6.94. The number of hydrogen-bond donors (Lipinski definition) is 0. The van der Waals surface area contributed by atoms with Gasteiger partial charge in [-0.05, 0) is 19.3 Å². The lowest BCUT2D eigenvalue weighted by Gasteiger charge is -2.07. The van der Waals surface area contributed by atoms with Gasteiger partial charge < -0.3 is 4.74 Å². The minimum Gasteiger partial charge on any atom is -0.385 e. The van der Waals surface area contributed by atoms with Crippen molar-refractivity contribution >= 4 is 0 Å². The molecule has 16 heavy (non-hydrogen) atoms. The van der Waals surface area contributed by atoms with Crippen LogP contribution in [0.3, 0.4) is 0 Å². The SMILES string of the molecule is CCCCCCCCCC(F)CCCOC. The molecule has 0 aliphatic heterocycles. The summed E-state index contributed by atoms with van der Waals surface area (Å²) in [5, 5.41) is 0. The summed E-state index contributed by atoms with van der Waals surface area (Å²) in [7, 11) is 1.67. The molecule has 0 fully saturated rings. The molecule has 0 aromatic heterocycles. The maximum atomic E-state index is 13.3. The predicted molar refractivity (Wildman–Crippen MR) is 68.6 cm³/mol. The van der Waals surface area contributed by atoms with Gasteiger partial charge in [-0.3, -0.25) is 0 Å². The van der Waals surface area contributed by atoms with E-state index >= 15 is 0 Å². The molecule has 2 heteroatoms. The van der Waals surface area contributed by atoms with Crippen molar-refractivity contribution in [3.8, 4) is 0 Å². The lowest BCUT2D eigenvalue weighted by Crippen LogP contribution is -2.02. The van der Waals surface area contributed by atoms with E-state index in [2.05, 4.69) is 6.92 Å². The summed E-state index contributed by atoms with van der Waals surface area (Å²) in [6, 6.07) is 0. The molecule has 0 amide bonds. The van der Waals surface area contributed by atoms with E-state index in [4.69, 9.17) is 4.74 Å². The first-order valence-corrected chi connectivity index (χ1v) is 6.94. The van der Waals surface area contributed by atoms with Gasteiger partial charge in [0.15, 0.2) is 0 Å². The lowest BCUT2D eigenvalue weighted by molar-refractivity contribution is 0.176. The Morgan fingerprint density at radius 1 is 0.875 bits per heavy atom. The molecule has 98 valence electrons. The smallest absolute Gasteiger partial charge is 0.100 e. The average Bonchev–Trinajstić information content (AvgIpc) is 2.28. The Bertz CT molecular complexity index is 128. The summed E-state index contributed by atoms with van der Waals surface area (Å²) in [6.07, 6.45) is 10.5. The minimum atomic E-state index is -0.606. The Balaban J connectivity index is 3.06. The van der Waals surface area contributed by atoms with Gasteiger partial charge in [0, 0.05) is 13.7 Å². The van der Waals surface area contributed by atoms with Crippen LogP contribution in [-0.2, 0) is 4.74 Å². The van der Waals surface area contributed by atoms with Gasteiger partial charge in [-0.2, -0.15) is 0 Å². The van der Waals surface area contributed by atoms with E-state index in [1.54, 1.807) is 7.11 Å². The van der Waals surface area contributed by atoms with Gasteiger partial charge in [-0.15, -0.1) is 0 Å². The second-order valence-electron chi connectivity index (χ2n) is 4.64. The van der Waals surface area contributed by atoms with Gasteiger partial charge in [0.2, 0.25) is 0 Å². The molecular weight excluding hydrogens is 203 g/mol. The third-order valence-electron chi connectivity index (χ3n) is 2.99. The van der Waals surface area contributed by atoms with Crippen molar-refractivity contribution in [2.45, 2.75) is 77.3 Å². The summed E-state index contributed by atoms with van der Waals surface area (Å²) in [5.41, 5.74) is 0. The molecule has 1 atom stereocenters. The number of rotatable bonds is 12. The number of ether oxygens (including phenoxy) is 1. The van der Waals surface area contributed by atoms with Crippen LogP contribution >= 0.6 is 0 Å². The molecule has 0 aliphatic carbocycles. The summed E-state index contributed by atoms with van der Waals surface area (Å²) in [4.78, 5) is 0. The largest absolute Gasteiger partial charge is 0.385 e. The van der Waals surface area contributed by atoms with Gasteiger partial charge in [-0.1, -0.05) is 51.9 Å². The summed E-state index contributed by atoms with van der Waals surface area (Å²) in [5.74, 6) is 0. The highest BCUT2D eigenvalue weighted by atomic mass is 19.1. The highest BCUT2D eigenvalue weighted by Gasteiger charge is 2.05. The second-order valence-corrected chi connectivity index (χ2v) is 4.64. The van der Waals surface area contributed by atoms with E-state index in [0.717, 1.165) is 19.3 Å². The van der Waals surface area contributed by atoms with Crippen molar-refractivity contribution in [1.82, 2.24) is 0 Å². The Labute approximate surface area is 101 Å². The highest BCUT2D eigenvalue weighted by molar-refractivity contribution is 4.57. The van der Waals surface area contributed by atoms with E-state index in [-0.39, 0.29) is 0 Å². The van der Waals surface area contributed by atoms with Crippen LogP contribution in [0.2, 0.25) is 0 Å². The molecule has 0 spiro atoms. The van der Waals surface area contributed by atoms with Gasteiger partial charge in [0.1, 0.15) is 6.17 Å². The van der Waals surface area contributed by atoms with E-state index < -0.39 is 6.17 Å². The molecule has 0 saturated heterocycles. The molecule has 0 rings (SSSR count). The quantitative estimate of drug-likeness (QED) is 0.435. The molecule has 0 heterocycles. The lowest BCUT2D eigenvalue weighted by atomic mass is 10.0. The number of hydrogen-bond acceptors (Lipinski definition) is 1. The Kier molecular flexibility index (Phi) is 12.9. The van der Waals surface area contributed by atoms with Gasteiger partial charge >= 0.3 is 0 Å². The normalized spacial score (nSPS) is 12.9. The van der Waals surface area contributed by atoms with E-state index in [1.807, 2.05) is 0 Å². The number of methoxy groups -OCH3 is 1. The molecular formula is C14H29FO. The van der Waals surface area contributed by atoms with E-state index in [1.165, 1.54) is 38.5 Å². The number of alkyl halides is 1. The van der Waals surface area contributed by atoms with Crippen LogP contribution in [-0.4, -0.2) is 19.9 Å². The van der Waals surface area contributed by atoms with Gasteiger partial charge in [-0.25, -0.2) is 4.39 Å². The van der Waals surface area contributed by atoms with Crippen molar-refractivity contribution in [1.29, 1.82) is 0 Å². The number of halogens is 1. The Morgan fingerprint density at radius 3 is 2.06 bits per heavy atom. The second kappa shape index (κ2) is 13.0. The molecule has 0 saturated carbocycles. The molecule has 0 aromatic carbocycles. The zero-order valence-electron chi connectivity index (χ0n) is 11.1. The molecule has 0 aliphatic rings. The fourth-order valence-corrected chi connectivity index (χ4v) is 1.92. The van der Waals surface area contributed by atoms with Crippen LogP contribution in [0.5, 0.6) is 0 Å². The fraction of sp³-hybridized carbons (Fsp3) is 1.00. The van der Waals surface area contributed by atoms with Crippen molar-refractivity contribution in [2.24, 2.45) is 0 Å². The summed E-state index contributed by atoms with van der Waals surface area (Å²) in [6.45, 7) is 2.92. The molecule has 1 nitrogen and oxygen atoms in total. The fourth-order valence-electron chi connectivity index (χ4n) is 1.92. The van der Waals surface area contributed by atoms with E-state index in [0.29, 0.717) is 13.0 Å². The molecule has 0 aromatic rings. The Hall–Kier alpha value is -0.110. The van der Waals surface area contributed by atoms with Gasteiger partial charge in [0.05, 0.1) is 0 Å². The molecule has 1 unspecified atom stereocenters. The molecule has 0 bridgehead atoms. The first kappa shape index (κ1) is 15.9. The predicted octanol–water partition coefficient (Wildman–Crippen LogP) is 4.89. The monoisotopic (exact) mass is 232 g/mol. The third kappa shape index (κ3) is 12.0. The Morgan fingerprint density at radius 2 is 1.44 bits per heavy atom. The zero-order chi connectivity index (χ0) is 12.1. The first-order chi connectivity index (χ1) is 7.81. The zero-order valence-corrected chi connectivity index (χ0v) is 11.1. The van der Waals surface area contributed by atoms with Crippen molar-refractivity contribution in [2.75, 3.05) is 13.7 Å².